The van der Waals surface area contributed by atoms with Crippen LogP contribution in [0.3, 0.4) is 0 Å². The van der Waals surface area contributed by atoms with Crippen molar-refractivity contribution in [2.45, 2.75) is 36.1 Å². The van der Waals surface area contributed by atoms with Gasteiger partial charge in [0.15, 0.2) is 11.5 Å². The van der Waals surface area contributed by atoms with Gasteiger partial charge in [0.2, 0.25) is 9.84 Å². The Morgan fingerprint density at radius 2 is 1.75 bits per heavy atom. The van der Waals surface area contributed by atoms with E-state index in [1.807, 2.05) is 18.2 Å². The summed E-state index contributed by atoms with van der Waals surface area (Å²) in [5.41, 5.74) is 1.99. The number of alkyl halides is 2. The van der Waals surface area contributed by atoms with Gasteiger partial charge in [0, 0.05) is 12.6 Å². The molecule has 0 N–H and O–H groups in total. The Kier molecular flexibility index (Phi) is 6.20. The number of sulfone groups is 1. The van der Waals surface area contributed by atoms with Gasteiger partial charge >= 0.3 is 5.76 Å². The Labute approximate surface area is 163 Å². The van der Waals surface area contributed by atoms with E-state index in [0.717, 1.165) is 30.5 Å². The first-order chi connectivity index (χ1) is 13.4. The molecule has 0 saturated carbocycles. The maximum absolute atomic E-state index is 12.7. The van der Waals surface area contributed by atoms with Crippen LogP contribution in [0.4, 0.5) is 8.78 Å². The number of nitrogens with zero attached hydrogens (tertiary/aromatic N) is 1. The van der Waals surface area contributed by atoms with Gasteiger partial charge in [0.1, 0.15) is 0 Å². The van der Waals surface area contributed by atoms with Gasteiger partial charge in [-0.25, -0.2) is 8.42 Å². The molecule has 0 bridgehead atoms. The Bertz CT molecular complexity index is 916. The van der Waals surface area contributed by atoms with E-state index in [9.17, 15) is 17.2 Å². The second kappa shape index (κ2) is 8.45. The number of ether oxygens (including phenoxy) is 2. The smallest absolute Gasteiger partial charge is 0.341 e. The van der Waals surface area contributed by atoms with E-state index in [0.29, 0.717) is 18.0 Å². The van der Waals surface area contributed by atoms with Crippen molar-refractivity contribution in [1.82, 2.24) is 4.90 Å². The summed E-state index contributed by atoms with van der Waals surface area (Å²) in [7, 11) is -1.37. The molecule has 1 aliphatic heterocycles. The highest BCUT2D eigenvalue weighted by Crippen LogP contribution is 2.37. The van der Waals surface area contributed by atoms with Crippen molar-refractivity contribution in [1.29, 1.82) is 0 Å². The van der Waals surface area contributed by atoms with E-state index >= 15 is 0 Å². The van der Waals surface area contributed by atoms with Crippen LogP contribution in [0.15, 0.2) is 47.4 Å². The zero-order valence-corrected chi connectivity index (χ0v) is 16.6. The van der Waals surface area contributed by atoms with E-state index in [1.54, 1.807) is 26.4 Å². The lowest BCUT2D eigenvalue weighted by Gasteiger charge is -2.25. The van der Waals surface area contributed by atoms with Crippen molar-refractivity contribution in [2.24, 2.45) is 0 Å². The van der Waals surface area contributed by atoms with Crippen molar-refractivity contribution < 1.29 is 26.7 Å². The second-order valence-corrected chi connectivity index (χ2v) is 8.61. The highest BCUT2D eigenvalue weighted by atomic mass is 32.2. The fourth-order valence-corrected chi connectivity index (χ4v) is 4.30. The number of likely N-dealkylation sites (tertiary alicyclic amines) is 1. The number of hydrogen-bond acceptors (Lipinski definition) is 5. The van der Waals surface area contributed by atoms with Crippen LogP contribution in [-0.2, 0) is 16.4 Å². The molecule has 0 spiro atoms. The summed E-state index contributed by atoms with van der Waals surface area (Å²) in [4.78, 5) is 1.93. The molecule has 5 nitrogen and oxygen atoms in total. The van der Waals surface area contributed by atoms with E-state index in [4.69, 9.17) is 9.47 Å². The lowest BCUT2D eigenvalue weighted by atomic mass is 10.0. The highest BCUT2D eigenvalue weighted by Gasteiger charge is 2.28. The average Bonchev–Trinajstić information content (AvgIpc) is 3.15. The molecule has 0 aliphatic carbocycles. The standard InChI is InChI=1S/C20H23F2NO4S/c1-26-18-10-7-15(12-19(18)27-2)17-4-3-11-23(17)13-14-5-8-16(9-6-14)28(24,25)20(21)22/h5-10,12,17,20H,3-4,11,13H2,1-2H3. The average molecular weight is 411 g/mol. The van der Waals surface area contributed by atoms with E-state index in [2.05, 4.69) is 4.90 Å². The normalized spacial score (nSPS) is 17.8. The summed E-state index contributed by atoms with van der Waals surface area (Å²) in [6.07, 6.45) is 2.03. The summed E-state index contributed by atoms with van der Waals surface area (Å²) in [6.45, 7) is 1.50. The topological polar surface area (TPSA) is 55.8 Å². The molecule has 1 saturated heterocycles. The largest absolute Gasteiger partial charge is 0.493 e. The molecule has 1 heterocycles. The Morgan fingerprint density at radius 1 is 1.07 bits per heavy atom. The van der Waals surface area contributed by atoms with Crippen LogP contribution >= 0.6 is 0 Å². The van der Waals surface area contributed by atoms with Crippen molar-refractivity contribution in [3.8, 4) is 11.5 Å². The van der Waals surface area contributed by atoms with Gasteiger partial charge in [0.05, 0.1) is 19.1 Å². The van der Waals surface area contributed by atoms with E-state index in [1.165, 1.54) is 12.1 Å². The van der Waals surface area contributed by atoms with Crippen LogP contribution in [0.1, 0.15) is 30.0 Å². The number of halogens is 2. The van der Waals surface area contributed by atoms with Crippen LogP contribution in [-0.4, -0.2) is 39.8 Å². The van der Waals surface area contributed by atoms with Gasteiger partial charge in [-0.05, 0) is 54.8 Å². The number of benzene rings is 2. The molecular formula is C20H23F2NO4S. The number of methoxy groups -OCH3 is 2. The molecule has 28 heavy (non-hydrogen) atoms. The molecule has 152 valence electrons. The van der Waals surface area contributed by atoms with Crippen molar-refractivity contribution >= 4 is 9.84 Å². The first kappa shape index (κ1) is 20.5. The summed E-state index contributed by atoms with van der Waals surface area (Å²) in [5.74, 6) is -2.06. The van der Waals surface area contributed by atoms with Gasteiger partial charge in [-0.1, -0.05) is 18.2 Å². The molecule has 1 atom stereocenters. The van der Waals surface area contributed by atoms with Crippen molar-refractivity contribution in [3.05, 3.63) is 53.6 Å². The maximum Gasteiger partial charge on any atom is 0.341 e. The zero-order chi connectivity index (χ0) is 20.3. The molecule has 0 aromatic heterocycles. The Balaban J connectivity index is 1.77. The minimum atomic E-state index is -4.56. The first-order valence-electron chi connectivity index (χ1n) is 8.93. The van der Waals surface area contributed by atoms with Crippen LogP contribution in [0, 0.1) is 0 Å². The molecule has 8 heteroatoms. The molecule has 2 aromatic rings. The Hall–Kier alpha value is -2.19. The summed E-state index contributed by atoms with van der Waals surface area (Å²) in [6, 6.07) is 11.8. The van der Waals surface area contributed by atoms with Gasteiger partial charge < -0.3 is 9.47 Å². The lowest BCUT2D eigenvalue weighted by Crippen LogP contribution is -2.23. The number of hydrogen-bond donors (Lipinski definition) is 0. The third kappa shape index (κ3) is 4.12. The molecule has 0 amide bonds. The summed E-state index contributed by atoms with van der Waals surface area (Å²) in [5, 5.41) is 0. The Morgan fingerprint density at radius 3 is 2.36 bits per heavy atom. The van der Waals surface area contributed by atoms with E-state index in [-0.39, 0.29) is 10.9 Å². The second-order valence-electron chi connectivity index (χ2n) is 6.69. The predicted octanol–water partition coefficient (Wildman–Crippen LogP) is 4.04. The van der Waals surface area contributed by atoms with Gasteiger partial charge in [-0.3, -0.25) is 4.90 Å². The minimum Gasteiger partial charge on any atom is -0.493 e. The van der Waals surface area contributed by atoms with Crippen molar-refractivity contribution in [3.63, 3.8) is 0 Å². The van der Waals surface area contributed by atoms with Crippen LogP contribution < -0.4 is 9.47 Å². The third-order valence-electron chi connectivity index (χ3n) is 5.03. The van der Waals surface area contributed by atoms with Gasteiger partial charge in [-0.15, -0.1) is 0 Å². The van der Waals surface area contributed by atoms with Gasteiger partial charge in [0.25, 0.3) is 0 Å². The number of rotatable bonds is 7. The fourth-order valence-electron chi connectivity index (χ4n) is 3.57. The van der Waals surface area contributed by atoms with Crippen LogP contribution in [0.2, 0.25) is 0 Å². The third-order valence-corrected chi connectivity index (χ3v) is 6.43. The molecule has 0 radical (unpaired) electrons. The van der Waals surface area contributed by atoms with E-state index < -0.39 is 15.6 Å². The monoisotopic (exact) mass is 411 g/mol. The maximum atomic E-state index is 12.7. The molecule has 1 unspecified atom stereocenters. The summed E-state index contributed by atoms with van der Waals surface area (Å²) < 4.78 is 59.1. The SMILES string of the molecule is COc1ccc(C2CCCN2Cc2ccc(S(=O)(=O)C(F)F)cc2)cc1OC. The fraction of sp³-hybridized carbons (Fsp3) is 0.400. The summed E-state index contributed by atoms with van der Waals surface area (Å²) >= 11 is 0. The zero-order valence-electron chi connectivity index (χ0n) is 15.8. The first-order valence-corrected chi connectivity index (χ1v) is 10.5. The molecule has 1 fully saturated rings. The van der Waals surface area contributed by atoms with Crippen LogP contribution in [0.5, 0.6) is 11.5 Å². The molecule has 1 aliphatic rings. The lowest BCUT2D eigenvalue weighted by molar-refractivity contribution is 0.234. The van der Waals surface area contributed by atoms with Crippen molar-refractivity contribution in [2.75, 3.05) is 20.8 Å². The molecular weight excluding hydrogens is 388 g/mol. The molecule has 3 rings (SSSR count). The minimum absolute atomic E-state index is 0.198. The quantitative estimate of drug-likeness (QED) is 0.688. The highest BCUT2D eigenvalue weighted by molar-refractivity contribution is 7.91. The predicted molar refractivity (Wildman–Crippen MR) is 102 cm³/mol. The van der Waals surface area contributed by atoms with Crippen LogP contribution in [0.25, 0.3) is 0 Å². The van der Waals surface area contributed by atoms with Gasteiger partial charge in [-0.2, -0.15) is 8.78 Å². The molecule has 2 aromatic carbocycles.